The zero-order valence-corrected chi connectivity index (χ0v) is 18.1. The van der Waals surface area contributed by atoms with Crippen LogP contribution in [-0.4, -0.2) is 40.9 Å². The highest BCUT2D eigenvalue weighted by Crippen LogP contribution is 2.35. The largest absolute Gasteiger partial charge is 0.493 e. The molecule has 0 saturated carbocycles. The van der Waals surface area contributed by atoms with Crippen LogP contribution < -0.4 is 16.2 Å². The number of hydrogen-bond donors (Lipinski definition) is 2. The number of nitrogens with zero attached hydrogens (tertiary/aromatic N) is 3. The van der Waals surface area contributed by atoms with E-state index < -0.39 is 0 Å². The van der Waals surface area contributed by atoms with E-state index >= 15 is 0 Å². The van der Waals surface area contributed by atoms with Gasteiger partial charge in [0.25, 0.3) is 0 Å². The number of nitrogens with two attached hydrogens (primary N) is 2. The number of imidazole rings is 1. The molecule has 1 aromatic carbocycles. The molecule has 3 rings (SSSR count). The van der Waals surface area contributed by atoms with Crippen molar-refractivity contribution in [3.05, 3.63) is 45.3 Å². The molecule has 156 valence electrons. The molecule has 1 unspecified atom stereocenters. The highest BCUT2D eigenvalue weighted by molar-refractivity contribution is 6.42. The molecule has 2 heterocycles. The first-order chi connectivity index (χ1) is 13.9. The first-order valence-electron chi connectivity index (χ1n) is 9.01. The third kappa shape index (κ3) is 5.05. The van der Waals surface area contributed by atoms with Crippen molar-refractivity contribution in [1.82, 2.24) is 14.5 Å². The predicted octanol–water partition coefficient (Wildman–Crippen LogP) is 4.15. The zero-order chi connectivity index (χ0) is 21.0. The maximum atomic E-state index is 6.49. The Morgan fingerprint density at radius 3 is 2.72 bits per heavy atom. The molecule has 0 aliphatic rings. The van der Waals surface area contributed by atoms with Crippen molar-refractivity contribution in [2.75, 3.05) is 26.1 Å². The van der Waals surface area contributed by atoms with Gasteiger partial charge in [-0.3, -0.25) is 0 Å². The van der Waals surface area contributed by atoms with Crippen molar-refractivity contribution >= 4 is 51.7 Å². The summed E-state index contributed by atoms with van der Waals surface area (Å²) in [5.41, 5.74) is 13.8. The number of anilines is 1. The fourth-order valence-corrected chi connectivity index (χ4v) is 3.68. The first kappa shape index (κ1) is 21.9. The predicted molar refractivity (Wildman–Crippen MR) is 117 cm³/mol. The Kier molecular flexibility index (Phi) is 7.43. The Labute approximate surface area is 183 Å². The molecule has 0 spiro atoms. The number of fused-ring (bicyclic) bond motifs is 1. The van der Waals surface area contributed by atoms with Gasteiger partial charge in [-0.05, 0) is 25.0 Å². The molecule has 2 aromatic heterocycles. The topological polar surface area (TPSA) is 101 Å². The molecule has 4 N–H and O–H groups in total. The van der Waals surface area contributed by atoms with E-state index in [0.717, 1.165) is 18.4 Å². The van der Waals surface area contributed by atoms with Crippen LogP contribution in [0.2, 0.25) is 15.1 Å². The van der Waals surface area contributed by atoms with E-state index in [4.69, 9.17) is 55.7 Å². The van der Waals surface area contributed by atoms with Crippen molar-refractivity contribution in [2.24, 2.45) is 5.73 Å². The maximum absolute atomic E-state index is 6.49. The summed E-state index contributed by atoms with van der Waals surface area (Å²) in [5, 5.41) is 1.30. The number of nitrogen functional groups attached to an aromatic ring is 1. The van der Waals surface area contributed by atoms with Gasteiger partial charge in [0.05, 0.1) is 52.9 Å². The summed E-state index contributed by atoms with van der Waals surface area (Å²) in [6, 6.07) is 3.49. The van der Waals surface area contributed by atoms with Gasteiger partial charge in [-0.2, -0.15) is 0 Å². The number of ether oxygens (including phenoxy) is 2. The van der Waals surface area contributed by atoms with Gasteiger partial charge in [0.1, 0.15) is 11.3 Å². The normalized spacial score (nSPS) is 12.4. The second-order valence-corrected chi connectivity index (χ2v) is 7.80. The van der Waals surface area contributed by atoms with Crippen molar-refractivity contribution in [3.63, 3.8) is 0 Å². The Bertz CT molecular complexity index is 996. The van der Waals surface area contributed by atoms with Gasteiger partial charge in [0, 0.05) is 18.7 Å². The molecule has 29 heavy (non-hydrogen) atoms. The van der Waals surface area contributed by atoms with Gasteiger partial charge in [0.15, 0.2) is 5.82 Å². The molecule has 0 bridgehead atoms. The number of hydrogen-bond acceptors (Lipinski definition) is 6. The minimum absolute atomic E-state index is 0.0181. The molecule has 3 aromatic rings. The van der Waals surface area contributed by atoms with Gasteiger partial charge < -0.3 is 25.5 Å². The van der Waals surface area contributed by atoms with E-state index in [-0.39, 0.29) is 6.04 Å². The van der Waals surface area contributed by atoms with Crippen molar-refractivity contribution < 1.29 is 9.47 Å². The summed E-state index contributed by atoms with van der Waals surface area (Å²) in [6.07, 6.45) is 4.71. The molecule has 0 aliphatic heterocycles. The minimum atomic E-state index is -0.0181. The second kappa shape index (κ2) is 9.82. The van der Waals surface area contributed by atoms with E-state index in [1.807, 2.05) is 4.57 Å². The summed E-state index contributed by atoms with van der Waals surface area (Å²) in [6.45, 7) is 1.37. The van der Waals surface area contributed by atoms with Crippen LogP contribution in [0.15, 0.2) is 24.7 Å². The van der Waals surface area contributed by atoms with Crippen molar-refractivity contribution in [3.8, 4) is 5.75 Å². The van der Waals surface area contributed by atoms with E-state index in [1.165, 1.54) is 6.20 Å². The third-order valence-electron chi connectivity index (χ3n) is 4.46. The van der Waals surface area contributed by atoms with E-state index in [9.17, 15) is 0 Å². The van der Waals surface area contributed by atoms with Crippen molar-refractivity contribution in [1.29, 1.82) is 0 Å². The molecule has 1 atom stereocenters. The summed E-state index contributed by atoms with van der Waals surface area (Å²) < 4.78 is 12.9. The maximum Gasteiger partial charge on any atom is 0.151 e. The average Bonchev–Trinajstić information content (AvgIpc) is 3.12. The van der Waals surface area contributed by atoms with Gasteiger partial charge in [-0.25, -0.2) is 9.97 Å². The molecule has 0 fully saturated rings. The number of benzene rings is 1. The fourth-order valence-electron chi connectivity index (χ4n) is 3.04. The van der Waals surface area contributed by atoms with Crippen LogP contribution in [0.3, 0.4) is 0 Å². The quantitative estimate of drug-likeness (QED) is 0.467. The SMILES string of the molecule is COCC(N)CCCOc1ccc(Cl)c(Cl)c1Cn1cnc2c(N)ncc(Cl)c21. The lowest BCUT2D eigenvalue weighted by molar-refractivity contribution is 0.172. The summed E-state index contributed by atoms with van der Waals surface area (Å²) in [7, 11) is 1.63. The number of aromatic nitrogens is 3. The standard InChI is InChI=1S/C19H22Cl3N5O2/c1-28-9-11(23)3-2-6-29-15-5-4-13(20)16(22)12(15)8-27-10-26-17-18(27)14(21)7-25-19(17)24/h4-5,7,10-11H,2-3,6,8-9,23H2,1H3,(H2,24,25). The molecular weight excluding hydrogens is 437 g/mol. The van der Waals surface area contributed by atoms with Crippen LogP contribution in [0.1, 0.15) is 18.4 Å². The van der Waals surface area contributed by atoms with E-state index in [1.54, 1.807) is 25.6 Å². The fraction of sp³-hybridized carbons (Fsp3) is 0.368. The summed E-state index contributed by atoms with van der Waals surface area (Å²) in [5.74, 6) is 0.948. The van der Waals surface area contributed by atoms with Crippen LogP contribution >= 0.6 is 34.8 Å². The highest BCUT2D eigenvalue weighted by atomic mass is 35.5. The lowest BCUT2D eigenvalue weighted by atomic mass is 10.1. The minimum Gasteiger partial charge on any atom is -0.493 e. The van der Waals surface area contributed by atoms with Crippen LogP contribution in [0.5, 0.6) is 5.75 Å². The number of halogens is 3. The lowest BCUT2D eigenvalue weighted by Gasteiger charge is -2.16. The monoisotopic (exact) mass is 457 g/mol. The third-order valence-corrected chi connectivity index (χ3v) is 5.58. The van der Waals surface area contributed by atoms with Gasteiger partial charge in [-0.15, -0.1) is 0 Å². The number of pyridine rings is 1. The van der Waals surface area contributed by atoms with Gasteiger partial charge in [0.2, 0.25) is 0 Å². The number of methoxy groups -OCH3 is 1. The van der Waals surface area contributed by atoms with Gasteiger partial charge in [-0.1, -0.05) is 34.8 Å². The Balaban J connectivity index is 1.82. The van der Waals surface area contributed by atoms with Crippen LogP contribution in [0.25, 0.3) is 11.0 Å². The average molecular weight is 459 g/mol. The molecule has 10 heteroatoms. The van der Waals surface area contributed by atoms with E-state index in [2.05, 4.69) is 9.97 Å². The Hall–Kier alpha value is -1.77. The lowest BCUT2D eigenvalue weighted by Crippen LogP contribution is -2.26. The Morgan fingerprint density at radius 2 is 1.97 bits per heavy atom. The second-order valence-electron chi connectivity index (χ2n) is 6.61. The highest BCUT2D eigenvalue weighted by Gasteiger charge is 2.17. The molecule has 7 nitrogen and oxygen atoms in total. The van der Waals surface area contributed by atoms with E-state index in [0.29, 0.717) is 57.4 Å². The molecule has 0 saturated heterocycles. The van der Waals surface area contributed by atoms with Gasteiger partial charge >= 0.3 is 0 Å². The Morgan fingerprint density at radius 1 is 1.17 bits per heavy atom. The first-order valence-corrected chi connectivity index (χ1v) is 10.1. The molecule has 0 amide bonds. The molecule has 0 radical (unpaired) electrons. The summed E-state index contributed by atoms with van der Waals surface area (Å²) >= 11 is 19.0. The van der Waals surface area contributed by atoms with Crippen LogP contribution in [0.4, 0.5) is 5.82 Å². The van der Waals surface area contributed by atoms with Crippen molar-refractivity contribution in [2.45, 2.75) is 25.4 Å². The zero-order valence-electron chi connectivity index (χ0n) is 15.9. The number of rotatable bonds is 9. The van der Waals surface area contributed by atoms with Crippen LogP contribution in [0, 0.1) is 0 Å². The smallest absolute Gasteiger partial charge is 0.151 e. The molecule has 0 aliphatic carbocycles. The molecular formula is C19H22Cl3N5O2. The van der Waals surface area contributed by atoms with Crippen LogP contribution in [-0.2, 0) is 11.3 Å². The summed E-state index contributed by atoms with van der Waals surface area (Å²) in [4.78, 5) is 8.35.